The van der Waals surface area contributed by atoms with Crippen molar-refractivity contribution < 1.29 is 13.7 Å². The van der Waals surface area contributed by atoms with E-state index in [-0.39, 0.29) is 10.3 Å². The van der Waals surface area contributed by atoms with Crippen LogP contribution in [0.4, 0.5) is 14.5 Å². The monoisotopic (exact) mass is 266 g/mol. The minimum absolute atomic E-state index is 0.0407. The molecule has 1 aromatic rings. The summed E-state index contributed by atoms with van der Waals surface area (Å²) in [7, 11) is 0. The van der Waals surface area contributed by atoms with E-state index in [9.17, 15) is 18.9 Å². The molecule has 0 aromatic carbocycles. The normalized spacial score (nSPS) is 10.6. The zero-order chi connectivity index (χ0) is 10.9. The summed E-state index contributed by atoms with van der Waals surface area (Å²) in [6.07, 6.45) is -2.89. The zero-order valence-electron chi connectivity index (χ0n) is 7.00. The summed E-state index contributed by atoms with van der Waals surface area (Å²) in [6, 6.07) is 0.967. The molecule has 0 N–H and O–H groups in total. The molecule has 1 heterocycles. The highest BCUT2D eigenvalue weighted by molar-refractivity contribution is 9.10. The van der Waals surface area contributed by atoms with E-state index in [4.69, 9.17) is 0 Å². The number of halogens is 3. The van der Waals surface area contributed by atoms with Crippen LogP contribution < -0.4 is 0 Å². The summed E-state index contributed by atoms with van der Waals surface area (Å²) in [5, 5.41) is 10.5. The first-order valence-electron chi connectivity index (χ1n) is 3.53. The molecule has 0 aliphatic heterocycles. The minimum Gasteiger partial charge on any atom is -0.258 e. The SMILES string of the molecule is Cc1nc(Br)cc([N+](=O)[O-])c1C(F)F. The van der Waals surface area contributed by atoms with Gasteiger partial charge in [-0.15, -0.1) is 0 Å². The number of nitro groups is 1. The molecule has 1 aromatic heterocycles. The van der Waals surface area contributed by atoms with Gasteiger partial charge in [0.25, 0.3) is 12.1 Å². The fourth-order valence-corrected chi connectivity index (χ4v) is 1.53. The van der Waals surface area contributed by atoms with Crippen molar-refractivity contribution in [1.82, 2.24) is 4.98 Å². The van der Waals surface area contributed by atoms with Gasteiger partial charge < -0.3 is 0 Å². The van der Waals surface area contributed by atoms with Gasteiger partial charge in [0.2, 0.25) is 0 Å². The van der Waals surface area contributed by atoms with Crippen LogP contribution in [0.2, 0.25) is 0 Å². The van der Waals surface area contributed by atoms with Crippen molar-refractivity contribution in [3.05, 3.63) is 32.0 Å². The van der Waals surface area contributed by atoms with Crippen LogP contribution in [0.25, 0.3) is 0 Å². The molecule has 0 aliphatic rings. The Balaban J connectivity index is 3.44. The largest absolute Gasteiger partial charge is 0.282 e. The number of hydrogen-bond acceptors (Lipinski definition) is 3. The lowest BCUT2D eigenvalue weighted by Gasteiger charge is -2.04. The zero-order valence-corrected chi connectivity index (χ0v) is 8.59. The highest BCUT2D eigenvalue weighted by Gasteiger charge is 2.25. The summed E-state index contributed by atoms with van der Waals surface area (Å²) in [5.74, 6) is 0. The average Bonchev–Trinajstić information content (AvgIpc) is 2.01. The molecule has 1 rings (SSSR count). The van der Waals surface area contributed by atoms with Gasteiger partial charge in [0, 0.05) is 6.07 Å². The van der Waals surface area contributed by atoms with E-state index in [1.807, 2.05) is 0 Å². The summed E-state index contributed by atoms with van der Waals surface area (Å²) in [5.41, 5.74) is -1.28. The first kappa shape index (κ1) is 11.0. The van der Waals surface area contributed by atoms with E-state index in [1.54, 1.807) is 0 Å². The Morgan fingerprint density at radius 3 is 2.64 bits per heavy atom. The minimum atomic E-state index is -2.89. The van der Waals surface area contributed by atoms with Crippen LogP contribution in [0.3, 0.4) is 0 Å². The van der Waals surface area contributed by atoms with E-state index in [2.05, 4.69) is 20.9 Å². The van der Waals surface area contributed by atoms with Crippen molar-refractivity contribution in [2.24, 2.45) is 0 Å². The van der Waals surface area contributed by atoms with Crippen molar-refractivity contribution in [2.75, 3.05) is 0 Å². The van der Waals surface area contributed by atoms with Gasteiger partial charge in [-0.1, -0.05) is 0 Å². The molecule has 0 fully saturated rings. The van der Waals surface area contributed by atoms with Crippen LogP contribution in [0.1, 0.15) is 17.7 Å². The lowest BCUT2D eigenvalue weighted by atomic mass is 10.2. The van der Waals surface area contributed by atoms with Crippen molar-refractivity contribution in [1.29, 1.82) is 0 Å². The maximum Gasteiger partial charge on any atom is 0.282 e. The third kappa shape index (κ3) is 2.03. The Morgan fingerprint density at radius 1 is 1.64 bits per heavy atom. The predicted octanol–water partition coefficient (Wildman–Crippen LogP) is 3.00. The molecule has 0 saturated heterocycles. The third-order valence-corrected chi connectivity index (χ3v) is 2.02. The van der Waals surface area contributed by atoms with Gasteiger partial charge >= 0.3 is 0 Å². The van der Waals surface area contributed by atoms with E-state index in [0.29, 0.717) is 0 Å². The smallest absolute Gasteiger partial charge is 0.258 e. The van der Waals surface area contributed by atoms with E-state index >= 15 is 0 Å². The molecular weight excluding hydrogens is 262 g/mol. The van der Waals surface area contributed by atoms with Crippen LogP contribution in [0.5, 0.6) is 0 Å². The van der Waals surface area contributed by atoms with E-state index < -0.39 is 22.6 Å². The van der Waals surface area contributed by atoms with Gasteiger partial charge in [-0.3, -0.25) is 10.1 Å². The lowest BCUT2D eigenvalue weighted by molar-refractivity contribution is -0.386. The van der Waals surface area contributed by atoms with Crippen molar-refractivity contribution in [3.8, 4) is 0 Å². The third-order valence-electron chi connectivity index (χ3n) is 1.61. The van der Waals surface area contributed by atoms with Crippen LogP contribution in [-0.2, 0) is 0 Å². The molecule has 0 saturated carbocycles. The maximum absolute atomic E-state index is 12.4. The van der Waals surface area contributed by atoms with Crippen molar-refractivity contribution in [2.45, 2.75) is 13.3 Å². The topological polar surface area (TPSA) is 56.0 Å². The van der Waals surface area contributed by atoms with Crippen molar-refractivity contribution >= 4 is 21.6 Å². The molecule has 0 unspecified atom stereocenters. The number of hydrogen-bond donors (Lipinski definition) is 0. The molecular formula is C7H5BrF2N2O2. The number of pyridine rings is 1. The summed E-state index contributed by atoms with van der Waals surface area (Å²) >= 11 is 2.90. The summed E-state index contributed by atoms with van der Waals surface area (Å²) < 4.78 is 25.0. The van der Waals surface area contributed by atoms with Crippen LogP contribution in [0.15, 0.2) is 10.7 Å². The molecule has 76 valence electrons. The first-order chi connectivity index (χ1) is 6.43. The number of aryl methyl sites for hydroxylation is 1. The highest BCUT2D eigenvalue weighted by atomic mass is 79.9. The maximum atomic E-state index is 12.4. The van der Waals surface area contributed by atoms with E-state index in [1.165, 1.54) is 6.92 Å². The fourth-order valence-electron chi connectivity index (χ4n) is 1.05. The van der Waals surface area contributed by atoms with Gasteiger partial charge in [-0.25, -0.2) is 13.8 Å². The Morgan fingerprint density at radius 2 is 2.21 bits per heavy atom. The first-order valence-corrected chi connectivity index (χ1v) is 4.32. The van der Waals surface area contributed by atoms with Crippen molar-refractivity contribution in [3.63, 3.8) is 0 Å². The quantitative estimate of drug-likeness (QED) is 0.470. The van der Waals surface area contributed by atoms with Gasteiger partial charge in [0.1, 0.15) is 10.2 Å². The summed E-state index contributed by atoms with van der Waals surface area (Å²) in [6.45, 7) is 1.30. The van der Waals surface area contributed by atoms with Crippen LogP contribution in [0, 0.1) is 17.0 Å². The molecule has 0 atom stereocenters. The van der Waals surface area contributed by atoms with Gasteiger partial charge in [0.05, 0.1) is 10.6 Å². The molecule has 14 heavy (non-hydrogen) atoms. The molecule has 0 bridgehead atoms. The molecule has 0 radical (unpaired) electrons. The molecule has 0 amide bonds. The molecule has 4 nitrogen and oxygen atoms in total. The Hall–Kier alpha value is -1.11. The predicted molar refractivity (Wildman–Crippen MR) is 48.3 cm³/mol. The summed E-state index contributed by atoms with van der Waals surface area (Å²) in [4.78, 5) is 13.3. The number of rotatable bonds is 2. The van der Waals surface area contributed by atoms with E-state index in [0.717, 1.165) is 6.07 Å². The van der Waals surface area contributed by atoms with Gasteiger partial charge in [0.15, 0.2) is 0 Å². The number of aromatic nitrogens is 1. The van der Waals surface area contributed by atoms with Gasteiger partial charge in [-0.2, -0.15) is 0 Å². The number of alkyl halides is 2. The highest BCUT2D eigenvalue weighted by Crippen LogP contribution is 2.32. The number of nitrogens with zero attached hydrogens (tertiary/aromatic N) is 2. The van der Waals surface area contributed by atoms with Gasteiger partial charge in [-0.05, 0) is 22.9 Å². The molecule has 0 aliphatic carbocycles. The van der Waals surface area contributed by atoms with Crippen LogP contribution in [-0.4, -0.2) is 9.91 Å². The Labute approximate surface area is 86.2 Å². The average molecular weight is 267 g/mol. The Kier molecular flexibility index (Phi) is 3.10. The molecule has 7 heteroatoms. The Bertz CT molecular complexity index is 384. The second kappa shape index (κ2) is 3.95. The second-order valence-electron chi connectivity index (χ2n) is 2.52. The fraction of sp³-hybridized carbons (Fsp3) is 0.286. The lowest BCUT2D eigenvalue weighted by Crippen LogP contribution is -2.01. The van der Waals surface area contributed by atoms with Crippen LogP contribution >= 0.6 is 15.9 Å². The second-order valence-corrected chi connectivity index (χ2v) is 3.33. The standard InChI is InChI=1S/C7H5BrF2N2O2/c1-3-6(7(9)10)4(12(13)14)2-5(8)11-3/h2,7H,1H3. The molecule has 0 spiro atoms.